The van der Waals surface area contributed by atoms with Gasteiger partial charge < -0.3 is 14.5 Å². The Bertz CT molecular complexity index is 750. The van der Waals surface area contributed by atoms with E-state index < -0.39 is 0 Å². The average Bonchev–Trinajstić information content (AvgIpc) is 2.89. The highest BCUT2D eigenvalue weighted by molar-refractivity contribution is 6.31. The summed E-state index contributed by atoms with van der Waals surface area (Å²) in [6.07, 6.45) is 0. The van der Waals surface area contributed by atoms with Gasteiger partial charge in [-0.2, -0.15) is 15.0 Å². The van der Waals surface area contributed by atoms with Crippen molar-refractivity contribution in [1.29, 1.82) is 0 Å². The topological polar surface area (TPSA) is 73.1 Å². The number of ether oxygens (including phenoxy) is 1. The zero-order valence-corrected chi connectivity index (χ0v) is 11.6. The fourth-order valence-corrected chi connectivity index (χ4v) is 1.97. The number of fused-ring (bicyclic) bond motifs is 1. The molecule has 3 rings (SSSR count). The molecule has 0 radical (unpaired) electrons. The van der Waals surface area contributed by atoms with Gasteiger partial charge in [0.1, 0.15) is 5.58 Å². The number of rotatable bonds is 3. The van der Waals surface area contributed by atoms with Crippen LogP contribution >= 0.6 is 11.6 Å². The summed E-state index contributed by atoms with van der Waals surface area (Å²) in [5.74, 6) is 1.33. The van der Waals surface area contributed by atoms with Crippen molar-refractivity contribution in [2.24, 2.45) is 0 Å². The highest BCUT2D eigenvalue weighted by Gasteiger charge is 2.13. The Morgan fingerprint density at radius 3 is 2.80 bits per heavy atom. The molecule has 0 spiro atoms. The number of benzene rings is 1. The lowest BCUT2D eigenvalue weighted by molar-refractivity contribution is 0.379. The molecule has 3 aromatic rings. The van der Waals surface area contributed by atoms with Gasteiger partial charge in [0.05, 0.1) is 7.11 Å². The molecule has 0 bridgehead atoms. The summed E-state index contributed by atoms with van der Waals surface area (Å²) in [5.41, 5.74) is 0.717. The van der Waals surface area contributed by atoms with Crippen LogP contribution < -0.4 is 10.1 Å². The summed E-state index contributed by atoms with van der Waals surface area (Å²) in [6, 6.07) is 7.44. The summed E-state index contributed by atoms with van der Waals surface area (Å²) in [6.45, 7) is 0. The van der Waals surface area contributed by atoms with Crippen LogP contribution in [-0.4, -0.2) is 29.1 Å². The monoisotopic (exact) mass is 290 g/mol. The predicted molar refractivity (Wildman–Crippen MR) is 76.1 cm³/mol. The first-order valence-corrected chi connectivity index (χ1v) is 6.24. The number of nitrogens with zero attached hydrogens (tertiary/aromatic N) is 3. The van der Waals surface area contributed by atoms with E-state index in [4.69, 9.17) is 20.8 Å². The smallest absolute Gasteiger partial charge is 0.321 e. The molecule has 7 heteroatoms. The number of hydrogen-bond donors (Lipinski definition) is 1. The Kier molecular flexibility index (Phi) is 3.15. The van der Waals surface area contributed by atoms with Gasteiger partial charge in [-0.3, -0.25) is 0 Å². The lowest BCUT2D eigenvalue weighted by Crippen LogP contribution is -2.02. The van der Waals surface area contributed by atoms with Gasteiger partial charge in [-0.1, -0.05) is 11.6 Å². The number of furan rings is 1. The quantitative estimate of drug-likeness (QED) is 0.799. The van der Waals surface area contributed by atoms with E-state index in [0.717, 1.165) is 11.0 Å². The van der Waals surface area contributed by atoms with Crippen LogP contribution in [0.15, 0.2) is 28.7 Å². The van der Waals surface area contributed by atoms with E-state index in [1.54, 1.807) is 19.2 Å². The normalized spacial score (nSPS) is 10.8. The molecule has 2 heterocycles. The van der Waals surface area contributed by atoms with E-state index >= 15 is 0 Å². The lowest BCUT2D eigenvalue weighted by Gasteiger charge is -2.03. The Morgan fingerprint density at radius 2 is 2.05 bits per heavy atom. The van der Waals surface area contributed by atoms with E-state index in [2.05, 4.69) is 20.3 Å². The van der Waals surface area contributed by atoms with Crippen LogP contribution in [0.25, 0.3) is 22.6 Å². The SMILES string of the molecule is CNc1nc(OC)nc(-c2cc3cc(Cl)ccc3o2)n1. The minimum Gasteiger partial charge on any atom is -0.467 e. The van der Waals surface area contributed by atoms with Crippen LogP contribution in [-0.2, 0) is 0 Å². The van der Waals surface area contributed by atoms with E-state index in [1.165, 1.54) is 7.11 Å². The van der Waals surface area contributed by atoms with Crippen LogP contribution in [0.4, 0.5) is 5.95 Å². The molecule has 0 atom stereocenters. The van der Waals surface area contributed by atoms with Gasteiger partial charge in [-0.05, 0) is 24.3 Å². The van der Waals surface area contributed by atoms with Crippen LogP contribution in [0.3, 0.4) is 0 Å². The summed E-state index contributed by atoms with van der Waals surface area (Å²) in [4.78, 5) is 12.5. The molecule has 0 fully saturated rings. The second-order valence-electron chi connectivity index (χ2n) is 4.01. The second-order valence-corrected chi connectivity index (χ2v) is 4.45. The Labute approximate surface area is 119 Å². The maximum Gasteiger partial charge on any atom is 0.321 e. The minimum atomic E-state index is 0.220. The van der Waals surface area contributed by atoms with Crippen molar-refractivity contribution in [3.05, 3.63) is 29.3 Å². The Hall–Kier alpha value is -2.34. The molecule has 0 aliphatic carbocycles. The van der Waals surface area contributed by atoms with E-state index in [1.807, 2.05) is 12.1 Å². The first-order valence-electron chi connectivity index (χ1n) is 5.87. The van der Waals surface area contributed by atoms with Crippen LogP contribution in [0.2, 0.25) is 5.02 Å². The summed E-state index contributed by atoms with van der Waals surface area (Å²) in [5, 5.41) is 4.38. The third-order valence-corrected chi connectivity index (χ3v) is 2.95. The van der Waals surface area contributed by atoms with Crippen molar-refractivity contribution in [3.8, 4) is 17.6 Å². The first-order chi connectivity index (χ1) is 9.69. The molecule has 1 N–H and O–H groups in total. The fraction of sp³-hybridized carbons (Fsp3) is 0.154. The highest BCUT2D eigenvalue weighted by atomic mass is 35.5. The highest BCUT2D eigenvalue weighted by Crippen LogP contribution is 2.28. The molecular formula is C13H11ClN4O2. The van der Waals surface area contributed by atoms with Crippen molar-refractivity contribution in [3.63, 3.8) is 0 Å². The first kappa shape index (κ1) is 12.7. The molecule has 102 valence electrons. The standard InChI is InChI=1S/C13H11ClN4O2/c1-15-12-16-11(17-13(18-12)19-2)10-6-7-5-8(14)3-4-9(7)20-10/h3-6H,1-2H3,(H,15,16,17,18). The number of anilines is 1. The van der Waals surface area contributed by atoms with Gasteiger partial charge in [0.25, 0.3) is 0 Å². The number of methoxy groups -OCH3 is 1. The number of halogens is 1. The van der Waals surface area contributed by atoms with Crippen LogP contribution in [0, 0.1) is 0 Å². The summed E-state index contributed by atoms with van der Waals surface area (Å²) < 4.78 is 10.8. The van der Waals surface area contributed by atoms with Gasteiger partial charge in [0, 0.05) is 17.5 Å². The maximum absolute atomic E-state index is 5.96. The Morgan fingerprint density at radius 1 is 1.20 bits per heavy atom. The molecule has 20 heavy (non-hydrogen) atoms. The third-order valence-electron chi connectivity index (χ3n) is 2.72. The summed E-state index contributed by atoms with van der Waals surface area (Å²) in [7, 11) is 3.22. The molecule has 2 aromatic heterocycles. The van der Waals surface area contributed by atoms with Gasteiger partial charge in [-0.25, -0.2) is 0 Å². The second kappa shape index (κ2) is 4.97. The van der Waals surface area contributed by atoms with E-state index in [0.29, 0.717) is 22.6 Å². The zero-order valence-electron chi connectivity index (χ0n) is 10.8. The molecule has 1 aromatic carbocycles. The van der Waals surface area contributed by atoms with Crippen LogP contribution in [0.5, 0.6) is 6.01 Å². The number of aromatic nitrogens is 3. The van der Waals surface area contributed by atoms with E-state index in [-0.39, 0.29) is 6.01 Å². The third kappa shape index (κ3) is 2.25. The predicted octanol–water partition coefficient (Wildman–Crippen LogP) is 2.99. The van der Waals surface area contributed by atoms with Crippen molar-refractivity contribution in [1.82, 2.24) is 15.0 Å². The largest absolute Gasteiger partial charge is 0.467 e. The van der Waals surface area contributed by atoms with Crippen molar-refractivity contribution >= 4 is 28.5 Å². The van der Waals surface area contributed by atoms with E-state index in [9.17, 15) is 0 Å². The minimum absolute atomic E-state index is 0.220. The zero-order chi connectivity index (χ0) is 14.1. The maximum atomic E-state index is 5.96. The molecule has 0 amide bonds. The molecule has 0 unspecified atom stereocenters. The molecule has 6 nitrogen and oxygen atoms in total. The van der Waals surface area contributed by atoms with Gasteiger partial charge >= 0.3 is 6.01 Å². The van der Waals surface area contributed by atoms with Crippen LogP contribution in [0.1, 0.15) is 0 Å². The van der Waals surface area contributed by atoms with Crippen molar-refractivity contribution < 1.29 is 9.15 Å². The van der Waals surface area contributed by atoms with Crippen molar-refractivity contribution in [2.45, 2.75) is 0 Å². The molecular weight excluding hydrogens is 280 g/mol. The fourth-order valence-electron chi connectivity index (χ4n) is 1.79. The molecule has 0 saturated heterocycles. The van der Waals surface area contributed by atoms with Gasteiger partial charge in [0.2, 0.25) is 11.8 Å². The summed E-state index contributed by atoms with van der Waals surface area (Å²) >= 11 is 5.96. The van der Waals surface area contributed by atoms with Gasteiger partial charge in [0.15, 0.2) is 5.76 Å². The number of nitrogens with one attached hydrogen (secondary N) is 1. The molecule has 0 aliphatic heterocycles. The lowest BCUT2D eigenvalue weighted by atomic mass is 10.2. The van der Waals surface area contributed by atoms with Gasteiger partial charge in [-0.15, -0.1) is 0 Å². The number of hydrogen-bond acceptors (Lipinski definition) is 6. The molecule has 0 aliphatic rings. The Balaban J connectivity index is 2.14. The average molecular weight is 291 g/mol. The molecule has 0 saturated carbocycles. The van der Waals surface area contributed by atoms with Crippen molar-refractivity contribution in [2.75, 3.05) is 19.5 Å².